The number of hydrogen-bond donors (Lipinski definition) is 1. The zero-order chi connectivity index (χ0) is 11.7. The van der Waals surface area contributed by atoms with Crippen LogP contribution in [0.4, 0.5) is 0 Å². The van der Waals surface area contributed by atoms with Crippen molar-refractivity contribution < 1.29 is 9.53 Å². The molecule has 0 unspecified atom stereocenters. The second-order valence-electron chi connectivity index (χ2n) is 3.60. The lowest BCUT2D eigenvalue weighted by Crippen LogP contribution is -2.23. The second-order valence-corrected chi connectivity index (χ2v) is 3.60. The molecular formula is C13H13NO2. The number of rotatable bonds is 1. The summed E-state index contributed by atoms with van der Waals surface area (Å²) in [6, 6.07) is 7.45. The van der Waals surface area contributed by atoms with Crippen molar-refractivity contribution in [3.8, 4) is 5.75 Å². The maximum atomic E-state index is 11.8. The van der Waals surface area contributed by atoms with Gasteiger partial charge in [-0.3, -0.25) is 4.79 Å². The maximum absolute atomic E-state index is 11.8. The number of nitrogens with one attached hydrogen (secondary N) is 1. The zero-order valence-corrected chi connectivity index (χ0v) is 9.33. The van der Waals surface area contributed by atoms with Gasteiger partial charge in [0.2, 0.25) is 0 Å². The number of benzene rings is 1. The van der Waals surface area contributed by atoms with Crippen molar-refractivity contribution in [1.29, 1.82) is 0 Å². The molecule has 1 N–H and O–H groups in total. The molecular weight excluding hydrogens is 202 g/mol. The Labute approximate surface area is 94.4 Å². The van der Waals surface area contributed by atoms with Gasteiger partial charge in [0.15, 0.2) is 0 Å². The van der Waals surface area contributed by atoms with Crippen LogP contribution < -0.4 is 10.1 Å². The lowest BCUT2D eigenvalue weighted by atomic mass is 9.96. The molecule has 1 heterocycles. The monoisotopic (exact) mass is 215 g/mol. The minimum absolute atomic E-state index is 0.116. The highest BCUT2D eigenvalue weighted by Gasteiger charge is 2.24. The van der Waals surface area contributed by atoms with Gasteiger partial charge in [-0.15, -0.1) is 0 Å². The SMILES string of the molecule is C=C1Oc2ccccc2C(C(=O)NC)=C1C. The summed E-state index contributed by atoms with van der Waals surface area (Å²) in [5.41, 5.74) is 2.22. The van der Waals surface area contributed by atoms with Crippen LogP contribution in [0.25, 0.3) is 5.57 Å². The van der Waals surface area contributed by atoms with Gasteiger partial charge in [-0.1, -0.05) is 24.8 Å². The first-order chi connectivity index (χ1) is 7.65. The van der Waals surface area contributed by atoms with Crippen LogP contribution in [-0.2, 0) is 4.79 Å². The predicted molar refractivity (Wildman–Crippen MR) is 62.9 cm³/mol. The van der Waals surface area contributed by atoms with E-state index in [2.05, 4.69) is 11.9 Å². The van der Waals surface area contributed by atoms with E-state index in [4.69, 9.17) is 4.74 Å². The fourth-order valence-corrected chi connectivity index (χ4v) is 1.73. The highest BCUT2D eigenvalue weighted by atomic mass is 16.5. The van der Waals surface area contributed by atoms with E-state index in [-0.39, 0.29) is 5.91 Å². The lowest BCUT2D eigenvalue weighted by Gasteiger charge is -2.22. The molecule has 0 fully saturated rings. The van der Waals surface area contributed by atoms with Crippen LogP contribution in [0, 0.1) is 0 Å². The van der Waals surface area contributed by atoms with Gasteiger partial charge in [0.05, 0.1) is 5.57 Å². The van der Waals surface area contributed by atoms with Crippen LogP contribution in [0.2, 0.25) is 0 Å². The molecule has 1 aliphatic rings. The molecule has 1 aliphatic heterocycles. The first-order valence-electron chi connectivity index (χ1n) is 5.04. The maximum Gasteiger partial charge on any atom is 0.252 e. The second kappa shape index (κ2) is 3.85. The van der Waals surface area contributed by atoms with Crippen LogP contribution >= 0.6 is 0 Å². The standard InChI is InChI=1S/C13H13NO2/c1-8-9(2)16-11-7-5-4-6-10(11)12(8)13(15)14-3/h4-7H,2H2,1,3H3,(H,14,15). The molecule has 82 valence electrons. The molecule has 1 aromatic carbocycles. The van der Waals surface area contributed by atoms with Gasteiger partial charge < -0.3 is 10.1 Å². The molecule has 0 aromatic heterocycles. The fraction of sp³-hybridized carbons (Fsp3) is 0.154. The summed E-state index contributed by atoms with van der Waals surface area (Å²) in [5, 5.41) is 2.63. The number of carbonyl (C=O) groups is 1. The van der Waals surface area contributed by atoms with E-state index in [0.29, 0.717) is 17.1 Å². The van der Waals surface area contributed by atoms with Gasteiger partial charge in [-0.05, 0) is 13.0 Å². The largest absolute Gasteiger partial charge is 0.457 e. The molecule has 3 nitrogen and oxygen atoms in total. The van der Waals surface area contributed by atoms with E-state index in [1.165, 1.54) is 0 Å². The third-order valence-electron chi connectivity index (χ3n) is 2.64. The topological polar surface area (TPSA) is 38.3 Å². The highest BCUT2D eigenvalue weighted by Crippen LogP contribution is 2.36. The highest BCUT2D eigenvalue weighted by molar-refractivity contribution is 6.22. The molecule has 1 amide bonds. The van der Waals surface area contributed by atoms with Gasteiger partial charge in [0, 0.05) is 18.2 Å². The number of carbonyl (C=O) groups excluding carboxylic acids is 1. The molecule has 0 spiro atoms. The molecule has 0 atom stereocenters. The first kappa shape index (κ1) is 10.5. The Balaban J connectivity index is 2.65. The molecule has 3 heteroatoms. The Morgan fingerprint density at radius 3 is 2.75 bits per heavy atom. The smallest absolute Gasteiger partial charge is 0.252 e. The van der Waals surface area contributed by atoms with E-state index >= 15 is 0 Å². The number of allylic oxidation sites excluding steroid dienone is 1. The Morgan fingerprint density at radius 2 is 2.06 bits per heavy atom. The number of hydrogen-bond acceptors (Lipinski definition) is 2. The van der Waals surface area contributed by atoms with Crippen molar-refractivity contribution in [3.05, 3.63) is 47.7 Å². The summed E-state index contributed by atoms with van der Waals surface area (Å²) < 4.78 is 5.54. The number of amides is 1. The van der Waals surface area contributed by atoms with Crippen LogP contribution in [-0.4, -0.2) is 13.0 Å². The summed E-state index contributed by atoms with van der Waals surface area (Å²) in [6.07, 6.45) is 0. The first-order valence-corrected chi connectivity index (χ1v) is 5.04. The Kier molecular flexibility index (Phi) is 2.52. The van der Waals surface area contributed by atoms with Gasteiger partial charge >= 0.3 is 0 Å². The zero-order valence-electron chi connectivity index (χ0n) is 9.33. The van der Waals surface area contributed by atoms with Crippen LogP contribution in [0.5, 0.6) is 5.75 Å². The van der Waals surface area contributed by atoms with Crippen LogP contribution in [0.3, 0.4) is 0 Å². The summed E-state index contributed by atoms with van der Waals surface area (Å²) in [7, 11) is 1.61. The van der Waals surface area contributed by atoms with Gasteiger partial charge in [-0.25, -0.2) is 0 Å². The third kappa shape index (κ3) is 1.50. The molecule has 0 saturated heterocycles. The summed E-state index contributed by atoms with van der Waals surface area (Å²) >= 11 is 0. The fourth-order valence-electron chi connectivity index (χ4n) is 1.73. The van der Waals surface area contributed by atoms with E-state index in [1.807, 2.05) is 31.2 Å². The predicted octanol–water partition coefficient (Wildman–Crippen LogP) is 2.11. The van der Waals surface area contributed by atoms with Crippen molar-refractivity contribution in [2.45, 2.75) is 6.92 Å². The van der Waals surface area contributed by atoms with E-state index < -0.39 is 0 Å². The summed E-state index contributed by atoms with van der Waals surface area (Å²) in [4.78, 5) is 11.8. The van der Waals surface area contributed by atoms with Gasteiger partial charge in [0.25, 0.3) is 5.91 Å². The minimum Gasteiger partial charge on any atom is -0.457 e. The number of fused-ring (bicyclic) bond motifs is 1. The normalized spacial score (nSPS) is 14.2. The van der Waals surface area contributed by atoms with Crippen molar-refractivity contribution in [2.24, 2.45) is 0 Å². The molecule has 0 bridgehead atoms. The average molecular weight is 215 g/mol. The van der Waals surface area contributed by atoms with E-state index in [0.717, 1.165) is 11.1 Å². The molecule has 0 radical (unpaired) electrons. The summed E-state index contributed by atoms with van der Waals surface area (Å²) in [6.45, 7) is 5.64. The average Bonchev–Trinajstić information content (AvgIpc) is 2.30. The molecule has 0 aliphatic carbocycles. The number of ether oxygens (including phenoxy) is 1. The van der Waals surface area contributed by atoms with Crippen molar-refractivity contribution in [2.75, 3.05) is 7.05 Å². The Hall–Kier alpha value is -2.03. The Bertz CT molecular complexity index is 500. The van der Waals surface area contributed by atoms with Crippen LogP contribution in [0.15, 0.2) is 42.2 Å². The number of likely N-dealkylation sites (N-methyl/N-ethyl adjacent to an activating group) is 1. The van der Waals surface area contributed by atoms with Gasteiger partial charge in [-0.2, -0.15) is 0 Å². The van der Waals surface area contributed by atoms with Crippen molar-refractivity contribution in [3.63, 3.8) is 0 Å². The minimum atomic E-state index is -0.116. The van der Waals surface area contributed by atoms with Crippen molar-refractivity contribution >= 4 is 11.5 Å². The lowest BCUT2D eigenvalue weighted by molar-refractivity contribution is -0.115. The third-order valence-corrected chi connectivity index (χ3v) is 2.64. The van der Waals surface area contributed by atoms with Crippen LogP contribution in [0.1, 0.15) is 12.5 Å². The van der Waals surface area contributed by atoms with Gasteiger partial charge in [0.1, 0.15) is 11.5 Å². The van der Waals surface area contributed by atoms with E-state index in [1.54, 1.807) is 7.05 Å². The Morgan fingerprint density at radius 1 is 1.38 bits per heavy atom. The molecule has 1 aromatic rings. The number of para-hydroxylation sites is 1. The van der Waals surface area contributed by atoms with E-state index in [9.17, 15) is 4.79 Å². The molecule has 0 saturated carbocycles. The van der Waals surface area contributed by atoms with Crippen molar-refractivity contribution in [1.82, 2.24) is 5.32 Å². The quantitative estimate of drug-likeness (QED) is 0.779. The summed E-state index contributed by atoms with van der Waals surface area (Å²) in [5.74, 6) is 1.09. The molecule has 2 rings (SSSR count). The molecule has 16 heavy (non-hydrogen) atoms.